The minimum absolute atomic E-state index is 0. The monoisotopic (exact) mass is 436 g/mol. The topological polar surface area (TPSA) is 63.3 Å². The molecule has 30 heavy (non-hydrogen) atoms. The molecule has 160 valence electrons. The Bertz CT molecular complexity index is 1050. The summed E-state index contributed by atoms with van der Waals surface area (Å²) >= 11 is 0. The minimum atomic E-state index is -0.503. The van der Waals surface area contributed by atoms with Crippen molar-refractivity contribution in [3.8, 4) is 5.75 Å². The first kappa shape index (κ1) is 22.1. The summed E-state index contributed by atoms with van der Waals surface area (Å²) in [5.41, 5.74) is 2.86. The van der Waals surface area contributed by atoms with Crippen LogP contribution in [0.1, 0.15) is 27.9 Å². The summed E-state index contributed by atoms with van der Waals surface area (Å²) in [5.74, 6) is -1.09. The Balaban J connectivity index is 0.00000256. The fourth-order valence-electron chi connectivity index (χ4n) is 3.82. The molecule has 1 atom stereocenters. The molecule has 1 aromatic heterocycles. The standard InChI is InChI=1S/C22H22F2N2O3.ClH/c1-28-22(27)16-5-6-19(24)21-18(16)10-15(12-29-21)25-8-2-3-13-11-26-20-7-4-14(23)9-17(13)20;/h4-7,9,11,15,25-26H,2-3,8,10,12H2,1H3;1H. The molecule has 1 unspecified atom stereocenters. The van der Waals surface area contributed by atoms with Gasteiger partial charge in [0, 0.05) is 28.7 Å². The molecule has 5 nitrogen and oxygen atoms in total. The Hall–Kier alpha value is -2.64. The van der Waals surface area contributed by atoms with E-state index in [2.05, 4.69) is 10.3 Å². The van der Waals surface area contributed by atoms with Crippen LogP contribution in [-0.2, 0) is 17.6 Å². The Kier molecular flexibility index (Phi) is 6.95. The molecule has 1 aliphatic rings. The van der Waals surface area contributed by atoms with Crippen LogP contribution < -0.4 is 10.1 Å². The van der Waals surface area contributed by atoms with Crippen LogP contribution in [0, 0.1) is 11.6 Å². The molecule has 2 aromatic carbocycles. The average Bonchev–Trinajstić information content (AvgIpc) is 3.13. The molecule has 0 radical (unpaired) electrons. The number of carbonyl (C=O) groups is 1. The lowest BCUT2D eigenvalue weighted by Gasteiger charge is -2.27. The number of esters is 1. The number of fused-ring (bicyclic) bond motifs is 2. The summed E-state index contributed by atoms with van der Waals surface area (Å²) in [6.07, 6.45) is 4.04. The molecule has 0 bridgehead atoms. The Morgan fingerprint density at radius 3 is 2.93 bits per heavy atom. The number of methoxy groups -OCH3 is 1. The van der Waals surface area contributed by atoms with E-state index < -0.39 is 11.8 Å². The van der Waals surface area contributed by atoms with Crippen LogP contribution in [0.3, 0.4) is 0 Å². The normalized spacial score (nSPS) is 15.2. The maximum absolute atomic E-state index is 14.0. The molecule has 0 saturated heterocycles. The second-order valence-corrected chi connectivity index (χ2v) is 7.17. The first-order chi connectivity index (χ1) is 14.1. The first-order valence-electron chi connectivity index (χ1n) is 9.58. The van der Waals surface area contributed by atoms with Crippen molar-refractivity contribution in [2.24, 2.45) is 0 Å². The third-order valence-electron chi connectivity index (χ3n) is 5.28. The Morgan fingerprint density at radius 1 is 1.30 bits per heavy atom. The molecule has 2 heterocycles. The third kappa shape index (κ3) is 4.42. The lowest BCUT2D eigenvalue weighted by Crippen LogP contribution is -2.40. The smallest absolute Gasteiger partial charge is 0.338 e. The number of hydrogen-bond donors (Lipinski definition) is 2. The van der Waals surface area contributed by atoms with Gasteiger partial charge < -0.3 is 19.8 Å². The molecule has 2 N–H and O–H groups in total. The predicted octanol–water partition coefficient (Wildman–Crippen LogP) is 4.18. The zero-order valence-electron chi connectivity index (χ0n) is 16.5. The van der Waals surface area contributed by atoms with E-state index in [1.807, 2.05) is 6.20 Å². The quantitative estimate of drug-likeness (QED) is 0.449. The van der Waals surface area contributed by atoms with E-state index in [9.17, 15) is 13.6 Å². The number of rotatable bonds is 6. The summed E-state index contributed by atoms with van der Waals surface area (Å²) in [4.78, 5) is 15.1. The van der Waals surface area contributed by atoms with Gasteiger partial charge in [-0.2, -0.15) is 0 Å². The van der Waals surface area contributed by atoms with Gasteiger partial charge in [0.1, 0.15) is 12.4 Å². The van der Waals surface area contributed by atoms with E-state index in [0.717, 1.165) is 29.3 Å². The van der Waals surface area contributed by atoms with E-state index >= 15 is 0 Å². The summed E-state index contributed by atoms with van der Waals surface area (Å²) in [6.45, 7) is 1.04. The maximum atomic E-state index is 14.0. The number of benzene rings is 2. The van der Waals surface area contributed by atoms with Gasteiger partial charge >= 0.3 is 5.97 Å². The van der Waals surface area contributed by atoms with Crippen molar-refractivity contribution in [3.05, 3.63) is 64.9 Å². The van der Waals surface area contributed by atoms with E-state index in [0.29, 0.717) is 30.7 Å². The molecule has 4 rings (SSSR count). The van der Waals surface area contributed by atoms with Crippen LogP contribution in [0.15, 0.2) is 36.5 Å². The number of aryl methyl sites for hydroxylation is 1. The van der Waals surface area contributed by atoms with Crippen molar-refractivity contribution >= 4 is 29.3 Å². The van der Waals surface area contributed by atoms with Crippen LogP contribution in [0.25, 0.3) is 10.9 Å². The van der Waals surface area contributed by atoms with Gasteiger partial charge in [0.2, 0.25) is 0 Å². The second-order valence-electron chi connectivity index (χ2n) is 7.17. The fourth-order valence-corrected chi connectivity index (χ4v) is 3.82. The number of nitrogens with one attached hydrogen (secondary N) is 2. The highest BCUT2D eigenvalue weighted by Crippen LogP contribution is 2.31. The van der Waals surface area contributed by atoms with E-state index in [1.54, 1.807) is 12.1 Å². The second kappa shape index (κ2) is 9.45. The summed E-state index contributed by atoms with van der Waals surface area (Å²) in [5, 5.41) is 4.31. The fraction of sp³-hybridized carbons (Fsp3) is 0.318. The third-order valence-corrected chi connectivity index (χ3v) is 5.28. The van der Waals surface area contributed by atoms with Crippen molar-refractivity contribution in [3.63, 3.8) is 0 Å². The number of aromatic nitrogens is 1. The van der Waals surface area contributed by atoms with Gasteiger partial charge in [0.15, 0.2) is 11.6 Å². The number of halogens is 3. The zero-order chi connectivity index (χ0) is 20.4. The number of carbonyl (C=O) groups excluding carboxylic acids is 1. The number of hydrogen-bond acceptors (Lipinski definition) is 4. The SMILES string of the molecule is COC(=O)c1ccc(F)c2c1CC(NCCCc1c[nH]c3ccc(F)cc13)CO2.Cl. The average molecular weight is 437 g/mol. The molecule has 0 amide bonds. The molecule has 0 fully saturated rings. The zero-order valence-corrected chi connectivity index (χ0v) is 17.3. The van der Waals surface area contributed by atoms with Gasteiger partial charge in [-0.1, -0.05) is 0 Å². The molecule has 1 aliphatic heterocycles. The number of ether oxygens (including phenoxy) is 2. The van der Waals surface area contributed by atoms with Gasteiger partial charge in [0.05, 0.1) is 12.7 Å². The molecular weight excluding hydrogens is 414 g/mol. The first-order valence-corrected chi connectivity index (χ1v) is 9.58. The van der Waals surface area contributed by atoms with E-state index in [1.165, 1.54) is 25.3 Å². The van der Waals surface area contributed by atoms with Crippen molar-refractivity contribution in [1.29, 1.82) is 0 Å². The highest BCUT2D eigenvalue weighted by atomic mass is 35.5. The highest BCUT2D eigenvalue weighted by molar-refractivity contribution is 5.92. The summed E-state index contributed by atoms with van der Waals surface area (Å²) in [7, 11) is 1.30. The molecule has 3 aromatic rings. The molecule has 8 heteroatoms. The van der Waals surface area contributed by atoms with Gasteiger partial charge in [0.25, 0.3) is 0 Å². The van der Waals surface area contributed by atoms with Crippen LogP contribution in [-0.4, -0.2) is 37.3 Å². The van der Waals surface area contributed by atoms with E-state index in [4.69, 9.17) is 9.47 Å². The van der Waals surface area contributed by atoms with Crippen LogP contribution in [0.4, 0.5) is 8.78 Å². The number of aromatic amines is 1. The lowest BCUT2D eigenvalue weighted by molar-refractivity contribution is 0.0597. The van der Waals surface area contributed by atoms with Crippen LogP contribution >= 0.6 is 12.4 Å². The maximum Gasteiger partial charge on any atom is 0.338 e. The lowest BCUT2D eigenvalue weighted by atomic mass is 9.96. The molecular formula is C22H23ClF2N2O3. The van der Waals surface area contributed by atoms with Crippen molar-refractivity contribution in [2.45, 2.75) is 25.3 Å². The van der Waals surface area contributed by atoms with Gasteiger partial charge in [-0.15, -0.1) is 12.4 Å². The van der Waals surface area contributed by atoms with Crippen LogP contribution in [0.2, 0.25) is 0 Å². The summed E-state index contributed by atoms with van der Waals surface area (Å²) < 4.78 is 37.9. The minimum Gasteiger partial charge on any atom is -0.489 e. The van der Waals surface area contributed by atoms with Gasteiger partial charge in [-0.25, -0.2) is 13.6 Å². The molecule has 0 spiro atoms. The highest BCUT2D eigenvalue weighted by Gasteiger charge is 2.27. The Labute approximate surface area is 179 Å². The van der Waals surface area contributed by atoms with Crippen molar-refractivity contribution in [2.75, 3.05) is 20.3 Å². The summed E-state index contributed by atoms with van der Waals surface area (Å²) in [6, 6.07) is 7.35. The Morgan fingerprint density at radius 2 is 2.13 bits per heavy atom. The van der Waals surface area contributed by atoms with Gasteiger partial charge in [-0.3, -0.25) is 0 Å². The predicted molar refractivity (Wildman–Crippen MR) is 113 cm³/mol. The van der Waals surface area contributed by atoms with Crippen molar-refractivity contribution in [1.82, 2.24) is 10.3 Å². The van der Waals surface area contributed by atoms with E-state index in [-0.39, 0.29) is 30.0 Å². The molecule has 0 saturated carbocycles. The largest absolute Gasteiger partial charge is 0.489 e. The number of H-pyrrole nitrogens is 1. The van der Waals surface area contributed by atoms with Crippen LogP contribution in [0.5, 0.6) is 5.75 Å². The van der Waals surface area contributed by atoms with Crippen molar-refractivity contribution < 1.29 is 23.0 Å². The molecule has 0 aliphatic carbocycles. The van der Waals surface area contributed by atoms with Gasteiger partial charge in [-0.05, 0) is 61.7 Å².